The van der Waals surface area contributed by atoms with Crippen molar-refractivity contribution in [1.82, 2.24) is 28.6 Å². The molecule has 31 nitrogen and oxygen atoms in total. The number of carbonyl (C=O) groups excluding carboxylic acids is 10. The van der Waals surface area contributed by atoms with Crippen LogP contribution in [0.1, 0.15) is 232 Å². The van der Waals surface area contributed by atoms with Crippen LogP contribution in [-0.4, -0.2) is 85.7 Å². The summed E-state index contributed by atoms with van der Waals surface area (Å²) in [4.78, 5) is 129. The van der Waals surface area contributed by atoms with Gasteiger partial charge in [0.25, 0.3) is 29.5 Å². The fourth-order valence-electron chi connectivity index (χ4n) is 22.0. The smallest absolute Gasteiger partial charge is 0.307 e. The van der Waals surface area contributed by atoms with Crippen LogP contribution in [0.15, 0.2) is 168 Å². The Morgan fingerprint density at radius 2 is 0.625 bits per heavy atom. The molecule has 5 aliphatic heterocycles. The number of halogens is 1. The number of urea groups is 5. The molecule has 5 unspecified atom stereocenters. The summed E-state index contributed by atoms with van der Waals surface area (Å²) in [5.41, 5.74) is 29.3. The van der Waals surface area contributed by atoms with Gasteiger partial charge in [-0.1, -0.05) is 60.7 Å². The van der Waals surface area contributed by atoms with Gasteiger partial charge in [0.1, 0.15) is 20.6 Å². The first kappa shape index (κ1) is 89.5. The lowest BCUT2D eigenvalue weighted by atomic mass is 9.98. The molecule has 0 spiro atoms. The summed E-state index contributed by atoms with van der Waals surface area (Å²) >= 11 is 1.19. The van der Waals surface area contributed by atoms with Crippen molar-refractivity contribution in [3.05, 3.63) is 277 Å². The average Bonchev–Trinajstić information content (AvgIpc) is 1.60. The van der Waals surface area contributed by atoms with Crippen molar-refractivity contribution >= 4 is 149 Å². The van der Waals surface area contributed by atoms with Crippen molar-refractivity contribution in [3.63, 3.8) is 0 Å². The molecule has 2 aromatic heterocycles. The number of nitrogens with one attached hydrogen (secondary N) is 10. The van der Waals surface area contributed by atoms with E-state index in [1.807, 2.05) is 0 Å². The highest BCUT2D eigenvalue weighted by Gasteiger charge is 2.40. The predicted octanol–water partition coefficient (Wildman–Crippen LogP) is 16.6. The van der Waals surface area contributed by atoms with Crippen LogP contribution in [0.2, 0.25) is 0 Å². The van der Waals surface area contributed by atoms with Crippen molar-refractivity contribution in [2.75, 3.05) is 26.6 Å². The van der Waals surface area contributed by atoms with Gasteiger partial charge >= 0.3 is 30.2 Å². The van der Waals surface area contributed by atoms with Crippen LogP contribution in [0.4, 0.5) is 56.8 Å². The lowest BCUT2D eigenvalue weighted by Gasteiger charge is -2.20. The third-order valence-corrected chi connectivity index (χ3v) is 37.8. The summed E-state index contributed by atoms with van der Waals surface area (Å²) in [6.45, 7) is 0. The molecule has 15 amide bonds. The molecule has 25 rings (SSSR count). The van der Waals surface area contributed by atoms with Crippen LogP contribution in [-0.2, 0) is 184 Å². The molecule has 0 saturated heterocycles. The number of rotatable bonds is 10. The van der Waals surface area contributed by atoms with Crippen LogP contribution in [0.5, 0.6) is 0 Å². The van der Waals surface area contributed by atoms with Gasteiger partial charge in [0.2, 0.25) is 0 Å². The largest absolute Gasteiger partial charge is 0.331 e. The Balaban J connectivity index is 0.000000102. The monoisotopic (exact) mass is 1940 g/mol. The zero-order valence-corrected chi connectivity index (χ0v) is 78.6. The number of fused-ring (bicyclic) bond motifs is 16. The highest BCUT2D eigenvalue weighted by molar-refractivity contribution is 7.94. The maximum absolute atomic E-state index is 14.8. The summed E-state index contributed by atoms with van der Waals surface area (Å²) in [5.74, 6) is -2.93. The van der Waals surface area contributed by atoms with Gasteiger partial charge in [-0.25, -0.2) is 73.0 Å². The van der Waals surface area contributed by atoms with Gasteiger partial charge in [-0.3, -0.25) is 29.0 Å². The second-order valence-corrected chi connectivity index (χ2v) is 46.4. The number of amides is 15. The Kier molecular flexibility index (Phi) is 23.4. The topological polar surface area (TPSA) is 451 Å². The second-order valence-electron chi connectivity index (χ2n) is 36.0. The summed E-state index contributed by atoms with van der Waals surface area (Å²) < 4.78 is 111. The van der Waals surface area contributed by atoms with E-state index in [0.717, 1.165) is 201 Å². The van der Waals surface area contributed by atoms with Crippen molar-refractivity contribution in [1.29, 1.82) is 0 Å². The van der Waals surface area contributed by atoms with Crippen LogP contribution in [0.25, 0.3) is 0 Å². The quantitative estimate of drug-likeness (QED) is 0.0608. The molecule has 0 fully saturated rings. The average molecular weight is 1950 g/mol. The maximum atomic E-state index is 14.8. The predicted molar refractivity (Wildman–Crippen MR) is 512 cm³/mol. The van der Waals surface area contributed by atoms with Gasteiger partial charge in [0.05, 0.1) is 42.0 Å². The van der Waals surface area contributed by atoms with E-state index in [2.05, 4.69) is 101 Å². The number of aryl methyl sites for hydroxylation is 7. The summed E-state index contributed by atoms with van der Waals surface area (Å²) in [6, 6.07) is 28.7. The fourth-order valence-corrected chi connectivity index (χ4v) is 31.1. The zero-order chi connectivity index (χ0) is 93.8. The lowest BCUT2D eigenvalue weighted by Crippen LogP contribution is -2.37. The van der Waals surface area contributed by atoms with Crippen LogP contribution >= 0.6 is 11.3 Å². The van der Waals surface area contributed by atoms with E-state index in [9.17, 15) is 73.4 Å². The Hall–Kier alpha value is -13.0. The van der Waals surface area contributed by atoms with Crippen LogP contribution in [0.3, 0.4) is 0 Å². The molecule has 698 valence electrons. The van der Waals surface area contributed by atoms with Crippen molar-refractivity contribution in [2.24, 2.45) is 21.8 Å². The Morgan fingerprint density at radius 3 is 1.09 bits per heavy atom. The van der Waals surface area contributed by atoms with E-state index < -0.39 is 109 Å². The molecular weight excluding hydrogens is 1850 g/mol. The minimum absolute atomic E-state index is 0.0351. The number of carbonyl (C=O) groups is 10. The molecule has 10 N–H and O–H groups in total. The number of aromatic nitrogens is 1. The molecule has 0 bridgehead atoms. The zero-order valence-electron chi connectivity index (χ0n) is 73.7. The SMILES string of the molecule is O=C(Nc1c2c(c(F)c3c1CCC3)CCC2)NS1(=O)=NC(=O)c2ccccc21.O=C(Nc1c2c(cc3c1CCC3)CCC2)NS1(=O)=NC(=O)c2ccccc2C1.O=C(Nc1c2c(cc3c1CCC3)CCC2)NS1(=O)=NC(=O)c2ccncc21.O=C(Nc1c2c(cc3c1CCC3)CCC2)NS1(=O)=NC(=O)c2sccc21.O=C(Nc1cc2c(c3c1CCC3)CCC2)NS1(=O)=NC(=O)c2ccccc21. The summed E-state index contributed by atoms with van der Waals surface area (Å²) in [5, 5.41) is 16.2. The fraction of sp³-hybridized carbons (Fsp3) is 0.316. The summed E-state index contributed by atoms with van der Waals surface area (Å²) in [7, 11) is -16.5. The second kappa shape index (κ2) is 35.6. The minimum Gasteiger partial charge on any atom is -0.307 e. The Labute approximate surface area is 788 Å². The maximum Gasteiger partial charge on any atom is 0.331 e. The third-order valence-electron chi connectivity index (χ3n) is 27.8. The van der Waals surface area contributed by atoms with Gasteiger partial charge in [0, 0.05) is 46.4 Å². The first-order valence-electron chi connectivity index (χ1n) is 45.9. The number of benzene rings is 8. The van der Waals surface area contributed by atoms with Crippen LogP contribution < -0.4 is 50.2 Å². The summed E-state index contributed by atoms with van der Waals surface area (Å²) in [6.07, 6.45) is 32.0. The number of hydrogen-bond donors (Lipinski definition) is 10. The van der Waals surface area contributed by atoms with Gasteiger partial charge in [-0.2, -0.15) is 0 Å². The van der Waals surface area contributed by atoms with Crippen molar-refractivity contribution < 1.29 is 73.4 Å². The van der Waals surface area contributed by atoms with Gasteiger partial charge < -0.3 is 26.6 Å². The number of hydrogen-bond acceptors (Lipinski definition) is 17. The molecule has 38 heteroatoms. The molecule has 0 radical (unpaired) electrons. The van der Waals surface area contributed by atoms with E-state index in [4.69, 9.17) is 0 Å². The molecule has 5 atom stereocenters. The van der Waals surface area contributed by atoms with Gasteiger partial charge in [0.15, 0.2) is 39.7 Å². The molecule has 0 saturated carbocycles. The van der Waals surface area contributed by atoms with Gasteiger partial charge in [-0.15, -0.1) is 33.2 Å². The number of anilines is 5. The van der Waals surface area contributed by atoms with E-state index in [-0.39, 0.29) is 42.9 Å². The third kappa shape index (κ3) is 16.6. The van der Waals surface area contributed by atoms with Crippen LogP contribution in [0, 0.1) is 5.82 Å². The molecule has 8 aromatic carbocycles. The van der Waals surface area contributed by atoms with E-state index in [0.29, 0.717) is 63.4 Å². The molecule has 10 aliphatic carbocycles. The highest BCUT2D eigenvalue weighted by atomic mass is 32.2. The molecule has 136 heavy (non-hydrogen) atoms. The standard InChI is InChI=1S/C21H21N3O3S.C20H18FN3O3S.C20H19N3O3S.C19H18N4O3S.C18H17N3O3S2/c25-20-18-8-2-1-5-15(18)12-28(27,23-20)24-21(26)22-19-16-9-3-6-13(16)11-14-7-4-10-17(14)19;21-17-11-6-3-8-13(11)18(14-9-4-7-12(14)17)22-20(26)24-28(27)16-10-2-1-5-15(16)19(25)23-28;24-19-16-6-1-2-10-18(16)27(26,22-19)23-20(25)21-17-11-12-5-3-7-13(12)14-8-4-9-15(14)17;24-18-15-7-8-20-10-16(15)27(26,22-18)23-19(25)21-17-13-5-1-3-11(13)9-12-4-2-6-14(12)17;22-17-16-14(7-8-25-16)26(24,20-17)21-18(23)19-15-12-5-1-3-10(12)9-11-4-2-6-13(11)15/h1-2,5,8,11H,3-4,6-7,9-10,12H2,(H2,22,23,24,25,26,27);1-2,5,10H,3-4,6-9H2,(H2,22,23,24,25,26,27);1-2,6,10-11H,3-5,7-9H2,(H2,21,22,23,24,25,26);7-10H,1-6H2,(H2,21,22,23,24,25,26);7-9H,1-6H2,(H2,19,20,21,22,23,24). The Bertz CT molecular complexity index is 7640. The molecule has 10 aromatic rings. The number of nitrogens with zero attached hydrogens (tertiary/aromatic N) is 6. The minimum atomic E-state index is -3.38. The van der Waals surface area contributed by atoms with E-state index in [1.165, 1.54) is 131 Å². The first-order valence-corrected chi connectivity index (χ1v) is 54.5. The highest BCUT2D eigenvalue weighted by Crippen LogP contribution is 2.46. The van der Waals surface area contributed by atoms with Gasteiger partial charge in [-0.05, 0) is 363 Å². The lowest BCUT2D eigenvalue weighted by molar-refractivity contribution is 0.0994. The van der Waals surface area contributed by atoms with Crippen molar-refractivity contribution in [2.45, 2.75) is 218 Å². The number of pyridine rings is 1. The molecule has 15 aliphatic rings. The number of thiophene rings is 1. The molecular formula is C98H93FN16O15S6. The normalized spacial score (nSPS) is 22.1. The molecule has 7 heterocycles. The van der Waals surface area contributed by atoms with E-state index in [1.54, 1.807) is 72.1 Å². The first-order chi connectivity index (χ1) is 65.6. The van der Waals surface area contributed by atoms with Crippen molar-refractivity contribution in [3.8, 4) is 0 Å². The van der Waals surface area contributed by atoms with E-state index >= 15 is 0 Å². The Morgan fingerprint density at radius 1 is 0.294 bits per heavy atom.